The van der Waals surface area contributed by atoms with Gasteiger partial charge in [0.25, 0.3) is 0 Å². The summed E-state index contributed by atoms with van der Waals surface area (Å²) in [4.78, 5) is 17.8. The van der Waals surface area contributed by atoms with Gasteiger partial charge in [0.2, 0.25) is 5.91 Å². The van der Waals surface area contributed by atoms with E-state index in [1.54, 1.807) is 7.11 Å². The molecular weight excluding hydrogens is 446 g/mol. The van der Waals surface area contributed by atoms with E-state index in [0.717, 1.165) is 49.2 Å². The average molecular weight is 486 g/mol. The van der Waals surface area contributed by atoms with Crippen molar-refractivity contribution in [1.29, 1.82) is 0 Å². The third-order valence-electron chi connectivity index (χ3n) is 7.03. The predicted octanol–water partition coefficient (Wildman–Crippen LogP) is 6.59. The van der Waals surface area contributed by atoms with Crippen molar-refractivity contribution in [2.45, 2.75) is 38.6 Å². The molecule has 3 aromatic rings. The summed E-state index contributed by atoms with van der Waals surface area (Å²) < 4.78 is 5.17. The lowest BCUT2D eigenvalue weighted by Crippen LogP contribution is -2.36. The summed E-state index contributed by atoms with van der Waals surface area (Å²) in [6.45, 7) is 1.93. The molecule has 3 aromatic carbocycles. The topological polar surface area (TPSA) is 44.8 Å². The van der Waals surface area contributed by atoms with E-state index in [1.165, 1.54) is 23.2 Å². The van der Waals surface area contributed by atoms with E-state index in [4.69, 9.17) is 4.74 Å². The summed E-state index contributed by atoms with van der Waals surface area (Å²) >= 11 is 0. The van der Waals surface area contributed by atoms with E-state index in [9.17, 15) is 4.79 Å². The molecule has 0 radical (unpaired) electrons. The van der Waals surface area contributed by atoms with E-state index in [0.29, 0.717) is 13.2 Å². The molecule has 0 aliphatic heterocycles. The smallest absolute Gasteiger partial charge is 0.230 e. The van der Waals surface area contributed by atoms with Crippen molar-refractivity contribution in [2.24, 2.45) is 5.92 Å². The molecule has 1 aliphatic carbocycles. The molecule has 0 heterocycles. The Balaban J connectivity index is 1.55. The summed E-state index contributed by atoms with van der Waals surface area (Å²) in [7, 11) is 5.80. The molecular formula is C31H39N3O2. The van der Waals surface area contributed by atoms with Gasteiger partial charge in [0, 0.05) is 50.7 Å². The zero-order chi connectivity index (χ0) is 25.3. The Hall–Kier alpha value is -3.31. The van der Waals surface area contributed by atoms with Crippen LogP contribution in [-0.4, -0.2) is 40.3 Å². The molecule has 1 aliphatic rings. The highest BCUT2D eigenvalue weighted by molar-refractivity contribution is 5.95. The van der Waals surface area contributed by atoms with Gasteiger partial charge in [0.1, 0.15) is 0 Å². The van der Waals surface area contributed by atoms with Gasteiger partial charge in [0.15, 0.2) is 0 Å². The van der Waals surface area contributed by atoms with Crippen LogP contribution in [0.5, 0.6) is 0 Å². The molecule has 1 amide bonds. The third-order valence-corrected chi connectivity index (χ3v) is 7.03. The molecule has 1 N–H and O–H groups in total. The molecule has 0 bridgehead atoms. The van der Waals surface area contributed by atoms with E-state index in [-0.39, 0.29) is 11.8 Å². The second kappa shape index (κ2) is 12.6. The van der Waals surface area contributed by atoms with Crippen LogP contribution in [-0.2, 0) is 16.1 Å². The molecule has 0 atom stereocenters. The molecule has 190 valence electrons. The van der Waals surface area contributed by atoms with Gasteiger partial charge in [-0.15, -0.1) is 0 Å². The second-order valence-corrected chi connectivity index (χ2v) is 9.87. The highest BCUT2D eigenvalue weighted by Crippen LogP contribution is 2.30. The van der Waals surface area contributed by atoms with Crippen molar-refractivity contribution in [3.8, 4) is 11.1 Å². The van der Waals surface area contributed by atoms with Crippen molar-refractivity contribution in [3.63, 3.8) is 0 Å². The quantitative estimate of drug-likeness (QED) is 0.329. The number of ether oxygens (including phenoxy) is 1. The minimum atomic E-state index is 0.110. The summed E-state index contributed by atoms with van der Waals surface area (Å²) in [5.74, 6) is 0.352. The number of anilines is 3. The van der Waals surface area contributed by atoms with Crippen LogP contribution in [0.25, 0.3) is 11.1 Å². The van der Waals surface area contributed by atoms with Crippen LogP contribution in [0.4, 0.5) is 17.1 Å². The summed E-state index contributed by atoms with van der Waals surface area (Å²) in [5.41, 5.74) is 6.63. The molecule has 0 spiro atoms. The molecule has 0 aromatic heterocycles. The Morgan fingerprint density at radius 2 is 1.56 bits per heavy atom. The lowest BCUT2D eigenvalue weighted by atomic mass is 9.88. The number of hydrogen-bond donors (Lipinski definition) is 1. The first-order valence-corrected chi connectivity index (χ1v) is 13.1. The summed E-state index contributed by atoms with van der Waals surface area (Å²) in [6, 6.07) is 25.4. The van der Waals surface area contributed by atoms with Gasteiger partial charge in [-0.25, -0.2) is 0 Å². The largest absolute Gasteiger partial charge is 0.383 e. The molecule has 1 fully saturated rings. The minimum absolute atomic E-state index is 0.110. The Morgan fingerprint density at radius 1 is 0.889 bits per heavy atom. The first-order chi connectivity index (χ1) is 17.5. The SMILES string of the molecule is COCCNc1cccc(N(Cc2ccc(-c3ccc(N(C)C)cc3)cc2)C(=O)C2CCCCC2)c1. The van der Waals surface area contributed by atoms with Crippen LogP contribution < -0.4 is 15.1 Å². The van der Waals surface area contributed by atoms with Crippen molar-refractivity contribution >= 4 is 23.0 Å². The fourth-order valence-electron chi connectivity index (χ4n) is 4.88. The average Bonchev–Trinajstić information content (AvgIpc) is 2.92. The Labute approximate surface area is 216 Å². The van der Waals surface area contributed by atoms with Crippen molar-refractivity contribution in [3.05, 3.63) is 78.4 Å². The number of amides is 1. The van der Waals surface area contributed by atoms with Crippen molar-refractivity contribution < 1.29 is 9.53 Å². The fourth-order valence-corrected chi connectivity index (χ4v) is 4.88. The number of nitrogens with one attached hydrogen (secondary N) is 1. The van der Waals surface area contributed by atoms with E-state index in [2.05, 4.69) is 78.9 Å². The van der Waals surface area contributed by atoms with Gasteiger partial charge in [-0.2, -0.15) is 0 Å². The van der Waals surface area contributed by atoms with E-state index in [1.807, 2.05) is 23.1 Å². The van der Waals surface area contributed by atoms with Crippen molar-refractivity contribution in [1.82, 2.24) is 0 Å². The van der Waals surface area contributed by atoms with E-state index < -0.39 is 0 Å². The predicted molar refractivity (Wildman–Crippen MR) is 151 cm³/mol. The molecule has 0 saturated heterocycles. The van der Waals surface area contributed by atoms with Gasteiger partial charge in [-0.05, 0) is 59.9 Å². The Morgan fingerprint density at radius 3 is 2.19 bits per heavy atom. The standard InChI is InChI=1S/C31H39N3O2/c1-33(2)29-18-16-26(17-19-29)25-14-12-24(13-15-25)23-34(31(35)27-8-5-4-6-9-27)30-11-7-10-28(22-30)32-20-21-36-3/h7,10-19,22,27,32H,4-6,8-9,20-21,23H2,1-3H3. The zero-order valence-electron chi connectivity index (χ0n) is 21.9. The van der Waals surface area contributed by atoms with Crippen LogP contribution in [0.1, 0.15) is 37.7 Å². The van der Waals surface area contributed by atoms with Gasteiger partial charge >= 0.3 is 0 Å². The number of hydrogen-bond acceptors (Lipinski definition) is 4. The monoisotopic (exact) mass is 485 g/mol. The van der Waals surface area contributed by atoms with Crippen LogP contribution in [0.2, 0.25) is 0 Å². The van der Waals surface area contributed by atoms with Crippen LogP contribution in [0, 0.1) is 5.92 Å². The minimum Gasteiger partial charge on any atom is -0.383 e. The number of benzene rings is 3. The molecule has 0 unspecified atom stereocenters. The van der Waals surface area contributed by atoms with Gasteiger partial charge in [-0.1, -0.05) is 61.7 Å². The maximum atomic E-state index is 13.7. The maximum absolute atomic E-state index is 13.7. The Bertz CT molecular complexity index is 1100. The number of rotatable bonds is 10. The molecule has 4 rings (SSSR count). The fraction of sp³-hybridized carbons (Fsp3) is 0.387. The maximum Gasteiger partial charge on any atom is 0.230 e. The van der Waals surface area contributed by atoms with E-state index >= 15 is 0 Å². The number of methoxy groups -OCH3 is 1. The molecule has 36 heavy (non-hydrogen) atoms. The zero-order valence-corrected chi connectivity index (χ0v) is 21.9. The van der Waals surface area contributed by atoms with Gasteiger partial charge in [0.05, 0.1) is 13.2 Å². The summed E-state index contributed by atoms with van der Waals surface area (Å²) in [6.07, 6.45) is 5.50. The number of carbonyl (C=O) groups excluding carboxylic acids is 1. The highest BCUT2D eigenvalue weighted by Gasteiger charge is 2.27. The molecule has 5 heteroatoms. The summed E-state index contributed by atoms with van der Waals surface area (Å²) in [5, 5.41) is 3.39. The normalized spacial score (nSPS) is 13.9. The molecule has 5 nitrogen and oxygen atoms in total. The van der Waals surface area contributed by atoms with Crippen molar-refractivity contribution in [2.75, 3.05) is 49.5 Å². The van der Waals surface area contributed by atoms with Gasteiger partial charge in [-0.3, -0.25) is 4.79 Å². The first kappa shape index (κ1) is 25.8. The molecule has 1 saturated carbocycles. The number of carbonyl (C=O) groups is 1. The van der Waals surface area contributed by atoms with Crippen LogP contribution in [0.3, 0.4) is 0 Å². The third kappa shape index (κ3) is 6.67. The van der Waals surface area contributed by atoms with Gasteiger partial charge < -0.3 is 19.9 Å². The highest BCUT2D eigenvalue weighted by atomic mass is 16.5. The lowest BCUT2D eigenvalue weighted by molar-refractivity contribution is -0.123. The lowest BCUT2D eigenvalue weighted by Gasteiger charge is -2.30. The van der Waals surface area contributed by atoms with Crippen LogP contribution >= 0.6 is 0 Å². The second-order valence-electron chi connectivity index (χ2n) is 9.87. The van der Waals surface area contributed by atoms with Crippen LogP contribution in [0.15, 0.2) is 72.8 Å². The Kier molecular flexibility index (Phi) is 9.01. The number of nitrogens with zero attached hydrogens (tertiary/aromatic N) is 2. The first-order valence-electron chi connectivity index (χ1n) is 13.1.